The molecule has 1 heterocycles. The van der Waals surface area contributed by atoms with E-state index >= 15 is 0 Å². The van der Waals surface area contributed by atoms with Gasteiger partial charge in [0.25, 0.3) is 0 Å². The molecule has 0 fully saturated rings. The topological polar surface area (TPSA) is 24.4 Å². The first-order chi connectivity index (χ1) is 6.20. The molecule has 13 heavy (non-hydrogen) atoms. The Labute approximate surface area is 85.6 Å². The number of hydrogen-bond acceptors (Lipinski definition) is 3. The number of aliphatic imine (C=N–C) groups is 1. The first kappa shape index (κ1) is 10.9. The number of rotatable bonds is 3. The Hall–Kier alpha value is -0.180. The van der Waals surface area contributed by atoms with Crippen molar-refractivity contribution in [3.63, 3.8) is 0 Å². The van der Waals surface area contributed by atoms with Gasteiger partial charge in [-0.05, 0) is 26.2 Å². The molecule has 0 aromatic carbocycles. The van der Waals surface area contributed by atoms with Gasteiger partial charge in [-0.3, -0.25) is 4.99 Å². The minimum Gasteiger partial charge on any atom is -0.360 e. The van der Waals surface area contributed by atoms with Gasteiger partial charge in [-0.25, -0.2) is 0 Å². The summed E-state index contributed by atoms with van der Waals surface area (Å²) in [6, 6.07) is 0. The van der Waals surface area contributed by atoms with E-state index in [1.807, 2.05) is 11.8 Å². The zero-order valence-corrected chi connectivity index (χ0v) is 9.71. The Morgan fingerprint density at radius 2 is 2.15 bits per heavy atom. The highest BCUT2D eigenvalue weighted by Gasteiger charge is 2.21. The van der Waals surface area contributed by atoms with E-state index in [9.17, 15) is 0 Å². The molecule has 0 unspecified atom stereocenters. The van der Waals surface area contributed by atoms with Crippen LogP contribution in [0.2, 0.25) is 0 Å². The molecule has 2 nitrogen and oxygen atoms in total. The maximum atomic E-state index is 4.48. The van der Waals surface area contributed by atoms with E-state index < -0.39 is 0 Å². The van der Waals surface area contributed by atoms with Crippen LogP contribution in [0.15, 0.2) is 4.99 Å². The molecular formula is C10H20N2S. The van der Waals surface area contributed by atoms with E-state index in [1.54, 1.807) is 0 Å². The molecule has 76 valence electrons. The molecule has 0 saturated carbocycles. The first-order valence-corrected chi connectivity index (χ1v) is 6.14. The van der Waals surface area contributed by atoms with Crippen molar-refractivity contribution in [1.29, 1.82) is 0 Å². The monoisotopic (exact) mass is 200 g/mol. The van der Waals surface area contributed by atoms with Gasteiger partial charge in [-0.2, -0.15) is 0 Å². The summed E-state index contributed by atoms with van der Waals surface area (Å²) in [7, 11) is 0. The first-order valence-electron chi connectivity index (χ1n) is 5.15. The fourth-order valence-corrected chi connectivity index (χ4v) is 2.19. The van der Waals surface area contributed by atoms with Crippen LogP contribution in [0, 0.1) is 0 Å². The van der Waals surface area contributed by atoms with Gasteiger partial charge in [0.15, 0.2) is 5.17 Å². The van der Waals surface area contributed by atoms with Gasteiger partial charge in [0.2, 0.25) is 0 Å². The normalized spacial score (nSPS) is 18.2. The third-order valence-corrected chi connectivity index (χ3v) is 3.76. The van der Waals surface area contributed by atoms with Crippen LogP contribution in [0.1, 0.15) is 40.0 Å². The van der Waals surface area contributed by atoms with Crippen LogP contribution in [0.5, 0.6) is 0 Å². The average molecular weight is 200 g/mol. The zero-order valence-electron chi connectivity index (χ0n) is 8.89. The SMILES string of the molecule is CCC(C)(CC)NC1=NCCCS1. The van der Waals surface area contributed by atoms with Crippen LogP contribution < -0.4 is 5.32 Å². The Morgan fingerprint density at radius 3 is 2.62 bits per heavy atom. The quantitative estimate of drug-likeness (QED) is 0.757. The largest absolute Gasteiger partial charge is 0.360 e. The van der Waals surface area contributed by atoms with Gasteiger partial charge in [0, 0.05) is 17.8 Å². The van der Waals surface area contributed by atoms with Crippen molar-refractivity contribution < 1.29 is 0 Å². The number of thioether (sulfide) groups is 1. The van der Waals surface area contributed by atoms with Gasteiger partial charge in [0.1, 0.15) is 0 Å². The van der Waals surface area contributed by atoms with Crippen molar-refractivity contribution in [2.45, 2.75) is 45.6 Å². The molecule has 3 heteroatoms. The minimum absolute atomic E-state index is 0.239. The lowest BCUT2D eigenvalue weighted by Gasteiger charge is -2.30. The summed E-state index contributed by atoms with van der Waals surface area (Å²) in [5.41, 5.74) is 0.239. The van der Waals surface area contributed by atoms with Crippen molar-refractivity contribution in [1.82, 2.24) is 5.32 Å². The number of amidine groups is 1. The van der Waals surface area contributed by atoms with Crippen LogP contribution in [0.3, 0.4) is 0 Å². The Kier molecular flexibility index (Phi) is 4.10. The standard InChI is InChI=1S/C10H20N2S/c1-4-10(3,5-2)12-9-11-7-6-8-13-9/h4-8H2,1-3H3,(H,11,12). The molecule has 0 bridgehead atoms. The van der Waals surface area contributed by atoms with Crippen LogP contribution >= 0.6 is 11.8 Å². The van der Waals surface area contributed by atoms with Crippen LogP contribution in [0.25, 0.3) is 0 Å². The highest BCUT2D eigenvalue weighted by Crippen LogP contribution is 2.18. The molecule has 0 amide bonds. The smallest absolute Gasteiger partial charge is 0.156 e. The molecule has 0 aromatic rings. The molecule has 0 radical (unpaired) electrons. The molecule has 1 aliphatic rings. The lowest BCUT2D eigenvalue weighted by atomic mass is 9.96. The molecular weight excluding hydrogens is 180 g/mol. The Balaban J connectivity index is 2.49. The lowest BCUT2D eigenvalue weighted by molar-refractivity contribution is 0.391. The maximum Gasteiger partial charge on any atom is 0.156 e. The predicted octanol–water partition coefficient (Wildman–Crippen LogP) is 2.65. The van der Waals surface area contributed by atoms with Gasteiger partial charge in [-0.1, -0.05) is 25.6 Å². The summed E-state index contributed by atoms with van der Waals surface area (Å²) in [5.74, 6) is 1.22. The van der Waals surface area contributed by atoms with Crippen LogP contribution in [-0.2, 0) is 0 Å². The second-order valence-corrected chi connectivity index (χ2v) is 4.87. The van der Waals surface area contributed by atoms with Gasteiger partial charge >= 0.3 is 0 Å². The summed E-state index contributed by atoms with van der Waals surface area (Å²) in [6.45, 7) is 7.72. The van der Waals surface area contributed by atoms with E-state index in [-0.39, 0.29) is 5.54 Å². The maximum absolute atomic E-state index is 4.48. The third kappa shape index (κ3) is 3.22. The van der Waals surface area contributed by atoms with Gasteiger partial charge in [0.05, 0.1) is 0 Å². The number of nitrogens with one attached hydrogen (secondary N) is 1. The second-order valence-electron chi connectivity index (χ2n) is 3.78. The Morgan fingerprint density at radius 1 is 1.46 bits per heavy atom. The van der Waals surface area contributed by atoms with E-state index in [4.69, 9.17) is 0 Å². The third-order valence-electron chi connectivity index (χ3n) is 2.77. The fraction of sp³-hybridized carbons (Fsp3) is 0.900. The van der Waals surface area contributed by atoms with Crippen LogP contribution in [0.4, 0.5) is 0 Å². The molecule has 0 saturated heterocycles. The van der Waals surface area contributed by atoms with E-state index in [2.05, 4.69) is 31.1 Å². The summed E-state index contributed by atoms with van der Waals surface area (Å²) in [5, 5.41) is 4.70. The molecule has 1 rings (SSSR count). The zero-order chi connectivity index (χ0) is 9.73. The van der Waals surface area contributed by atoms with Crippen molar-refractivity contribution in [2.24, 2.45) is 4.99 Å². The number of nitrogens with zero attached hydrogens (tertiary/aromatic N) is 1. The van der Waals surface area contributed by atoms with Crippen molar-refractivity contribution >= 4 is 16.9 Å². The van der Waals surface area contributed by atoms with E-state index in [1.165, 1.54) is 12.2 Å². The highest BCUT2D eigenvalue weighted by atomic mass is 32.2. The predicted molar refractivity (Wildman–Crippen MR) is 61.5 cm³/mol. The summed E-state index contributed by atoms with van der Waals surface area (Å²) in [6.07, 6.45) is 3.54. The van der Waals surface area contributed by atoms with E-state index in [0.717, 1.165) is 24.6 Å². The minimum atomic E-state index is 0.239. The molecule has 0 atom stereocenters. The van der Waals surface area contributed by atoms with Gasteiger partial charge < -0.3 is 5.32 Å². The molecule has 1 aliphatic heterocycles. The second kappa shape index (κ2) is 4.89. The molecule has 0 aromatic heterocycles. The molecule has 0 spiro atoms. The summed E-state index contributed by atoms with van der Waals surface area (Å²) >= 11 is 1.86. The fourth-order valence-electron chi connectivity index (χ4n) is 1.22. The number of hydrogen-bond donors (Lipinski definition) is 1. The average Bonchev–Trinajstić information content (AvgIpc) is 2.19. The Bertz CT molecular complexity index is 185. The van der Waals surface area contributed by atoms with Crippen molar-refractivity contribution in [2.75, 3.05) is 12.3 Å². The molecule has 0 aliphatic carbocycles. The van der Waals surface area contributed by atoms with Crippen molar-refractivity contribution in [3.05, 3.63) is 0 Å². The summed E-state index contributed by atoms with van der Waals surface area (Å²) in [4.78, 5) is 4.48. The highest BCUT2D eigenvalue weighted by molar-refractivity contribution is 8.13. The van der Waals surface area contributed by atoms with Crippen LogP contribution in [-0.4, -0.2) is 23.0 Å². The lowest BCUT2D eigenvalue weighted by Crippen LogP contribution is -2.44. The van der Waals surface area contributed by atoms with Gasteiger partial charge in [-0.15, -0.1) is 0 Å². The summed E-state index contributed by atoms with van der Waals surface area (Å²) < 4.78 is 0. The van der Waals surface area contributed by atoms with Crippen molar-refractivity contribution in [3.8, 4) is 0 Å². The molecule has 1 N–H and O–H groups in total. The van der Waals surface area contributed by atoms with E-state index in [0.29, 0.717) is 0 Å².